The highest BCUT2D eigenvalue weighted by Gasteiger charge is 2.09. The number of rotatable bonds is 4. The van der Waals surface area contributed by atoms with Crippen LogP contribution >= 0.6 is 0 Å². The van der Waals surface area contributed by atoms with Gasteiger partial charge < -0.3 is 10.3 Å². The van der Waals surface area contributed by atoms with Gasteiger partial charge in [0.15, 0.2) is 0 Å². The first-order chi connectivity index (χ1) is 14.7. The fraction of sp³-hybridized carbons (Fsp3) is 0.0769. The van der Waals surface area contributed by atoms with Crippen molar-refractivity contribution in [2.75, 3.05) is 0 Å². The summed E-state index contributed by atoms with van der Waals surface area (Å²) in [5.74, 6) is -0.0793. The number of carbonyl (C=O) groups is 1. The Hall–Kier alpha value is -3.92. The molecule has 146 valence electrons. The number of para-hydroxylation sites is 1. The lowest BCUT2D eigenvalue weighted by Gasteiger charge is -2.08. The minimum atomic E-state index is -0.0793. The number of carbonyl (C=O) groups excluding carboxylic acids is 1. The first-order valence-corrected chi connectivity index (χ1v) is 9.98. The van der Waals surface area contributed by atoms with Crippen LogP contribution in [0.15, 0.2) is 85.1 Å². The van der Waals surface area contributed by atoms with Crippen molar-refractivity contribution in [3.8, 4) is 11.1 Å². The van der Waals surface area contributed by atoms with Crippen molar-refractivity contribution in [1.82, 2.24) is 15.3 Å². The first kappa shape index (κ1) is 18.1. The largest absolute Gasteiger partial charge is 0.354 e. The maximum atomic E-state index is 12.7. The van der Waals surface area contributed by atoms with E-state index < -0.39 is 0 Å². The maximum Gasteiger partial charge on any atom is 0.251 e. The molecule has 2 heterocycles. The van der Waals surface area contributed by atoms with Gasteiger partial charge in [-0.15, -0.1) is 0 Å². The summed E-state index contributed by atoms with van der Waals surface area (Å²) >= 11 is 0. The van der Waals surface area contributed by atoms with Crippen LogP contribution in [0.3, 0.4) is 0 Å². The molecule has 0 fully saturated rings. The molecule has 0 aliphatic heterocycles. The number of hydrogen-bond acceptors (Lipinski definition) is 2. The quantitative estimate of drug-likeness (QED) is 0.418. The Balaban J connectivity index is 1.30. The minimum absolute atomic E-state index is 0.0793. The smallest absolute Gasteiger partial charge is 0.251 e. The van der Waals surface area contributed by atoms with Gasteiger partial charge in [-0.25, -0.2) is 0 Å². The molecule has 0 radical (unpaired) electrons. The molecule has 0 aliphatic carbocycles. The average Bonchev–Trinajstić information content (AvgIpc) is 3.15. The van der Waals surface area contributed by atoms with Gasteiger partial charge in [-0.3, -0.25) is 9.78 Å². The van der Waals surface area contributed by atoms with Crippen LogP contribution in [0.25, 0.3) is 32.9 Å². The van der Waals surface area contributed by atoms with Crippen LogP contribution in [-0.4, -0.2) is 15.9 Å². The number of nitrogens with zero attached hydrogens (tertiary/aromatic N) is 1. The van der Waals surface area contributed by atoms with E-state index in [0.717, 1.165) is 38.8 Å². The third kappa shape index (κ3) is 3.44. The van der Waals surface area contributed by atoms with Crippen molar-refractivity contribution in [3.63, 3.8) is 0 Å². The first-order valence-electron chi connectivity index (χ1n) is 9.98. The third-order valence-corrected chi connectivity index (χ3v) is 5.41. The summed E-state index contributed by atoms with van der Waals surface area (Å²) in [6.45, 7) is 2.47. The van der Waals surface area contributed by atoms with Crippen molar-refractivity contribution in [2.45, 2.75) is 13.5 Å². The van der Waals surface area contributed by atoms with E-state index in [1.165, 1.54) is 5.39 Å². The van der Waals surface area contributed by atoms with Gasteiger partial charge in [-0.05, 0) is 53.9 Å². The van der Waals surface area contributed by atoms with Crippen LogP contribution in [0.5, 0.6) is 0 Å². The van der Waals surface area contributed by atoms with Gasteiger partial charge in [0.25, 0.3) is 5.91 Å². The van der Waals surface area contributed by atoms with Crippen molar-refractivity contribution in [3.05, 3.63) is 102 Å². The summed E-state index contributed by atoms with van der Waals surface area (Å²) in [5.41, 5.74) is 7.04. The fourth-order valence-corrected chi connectivity index (χ4v) is 3.82. The molecule has 30 heavy (non-hydrogen) atoms. The number of aromatic nitrogens is 2. The third-order valence-electron chi connectivity index (χ3n) is 5.41. The molecule has 5 rings (SSSR count). The molecule has 1 amide bonds. The molecule has 5 aromatic rings. The van der Waals surface area contributed by atoms with E-state index in [9.17, 15) is 4.79 Å². The predicted molar refractivity (Wildman–Crippen MR) is 121 cm³/mol. The Labute approximate surface area is 174 Å². The highest BCUT2D eigenvalue weighted by atomic mass is 16.1. The van der Waals surface area contributed by atoms with Gasteiger partial charge in [0.2, 0.25) is 0 Å². The van der Waals surface area contributed by atoms with Gasteiger partial charge in [-0.2, -0.15) is 0 Å². The zero-order valence-electron chi connectivity index (χ0n) is 16.6. The lowest BCUT2D eigenvalue weighted by molar-refractivity contribution is 0.0951. The zero-order chi connectivity index (χ0) is 20.5. The predicted octanol–water partition coefficient (Wildman–Crippen LogP) is 5.62. The van der Waals surface area contributed by atoms with Crippen molar-refractivity contribution in [2.24, 2.45) is 0 Å². The van der Waals surface area contributed by atoms with Crippen LogP contribution in [0.2, 0.25) is 0 Å². The Kier molecular flexibility index (Phi) is 4.52. The number of pyridine rings is 1. The lowest BCUT2D eigenvalue weighted by Crippen LogP contribution is -2.22. The molecular formula is C26H21N3O. The van der Waals surface area contributed by atoms with Crippen LogP contribution in [-0.2, 0) is 6.54 Å². The van der Waals surface area contributed by atoms with E-state index >= 15 is 0 Å². The number of H-pyrrole nitrogens is 1. The van der Waals surface area contributed by atoms with Gasteiger partial charge in [-0.1, -0.05) is 48.5 Å². The summed E-state index contributed by atoms with van der Waals surface area (Å²) in [7, 11) is 0. The van der Waals surface area contributed by atoms with E-state index in [-0.39, 0.29) is 5.91 Å². The molecule has 2 N–H and O–H groups in total. The Bertz CT molecular complexity index is 1370. The van der Waals surface area contributed by atoms with E-state index in [1.54, 1.807) is 0 Å². The molecule has 0 spiro atoms. The van der Waals surface area contributed by atoms with Gasteiger partial charge in [0.05, 0.1) is 0 Å². The van der Waals surface area contributed by atoms with Crippen LogP contribution < -0.4 is 5.32 Å². The second-order valence-corrected chi connectivity index (χ2v) is 7.50. The zero-order valence-corrected chi connectivity index (χ0v) is 16.6. The molecule has 4 heteroatoms. The number of fused-ring (bicyclic) bond motifs is 3. The van der Waals surface area contributed by atoms with E-state index in [0.29, 0.717) is 12.1 Å². The number of hydrogen-bond donors (Lipinski definition) is 2. The van der Waals surface area contributed by atoms with Crippen molar-refractivity contribution < 1.29 is 4.79 Å². The maximum absolute atomic E-state index is 12.7. The van der Waals surface area contributed by atoms with E-state index in [4.69, 9.17) is 0 Å². The van der Waals surface area contributed by atoms with Gasteiger partial charge >= 0.3 is 0 Å². The summed E-state index contributed by atoms with van der Waals surface area (Å²) < 4.78 is 0. The molecule has 0 saturated carbocycles. The van der Waals surface area contributed by atoms with Gasteiger partial charge in [0.1, 0.15) is 0 Å². The molecule has 0 unspecified atom stereocenters. The molecule has 0 bridgehead atoms. The molecule has 0 saturated heterocycles. The van der Waals surface area contributed by atoms with E-state index in [2.05, 4.69) is 39.6 Å². The number of aromatic amines is 1. The number of aryl methyl sites for hydroxylation is 1. The van der Waals surface area contributed by atoms with Gasteiger partial charge in [0, 0.05) is 45.8 Å². The van der Waals surface area contributed by atoms with Crippen LogP contribution in [0, 0.1) is 6.92 Å². The minimum Gasteiger partial charge on any atom is -0.354 e. The van der Waals surface area contributed by atoms with Crippen molar-refractivity contribution in [1.29, 1.82) is 0 Å². The highest BCUT2D eigenvalue weighted by molar-refractivity contribution is 6.09. The summed E-state index contributed by atoms with van der Waals surface area (Å²) in [5, 5.41) is 5.32. The topological polar surface area (TPSA) is 57.8 Å². The lowest BCUT2D eigenvalue weighted by atomic mass is 10.0. The number of amides is 1. The summed E-state index contributed by atoms with van der Waals surface area (Å²) in [6.07, 6.45) is 1.82. The normalized spacial score (nSPS) is 11.1. The molecule has 3 aromatic carbocycles. The summed E-state index contributed by atoms with van der Waals surface area (Å²) in [4.78, 5) is 20.3. The summed E-state index contributed by atoms with van der Waals surface area (Å²) in [6, 6.07) is 26.3. The standard InChI is InChI=1S/C26H21N3O/c1-17-14-20(12-13-27-17)19-8-6-18(7-9-19)16-28-26(30)21-10-11-23-22-4-2-3-5-24(22)29-25(23)15-21/h2-15,29H,16H2,1H3,(H,28,30). The Morgan fingerprint density at radius 2 is 1.67 bits per heavy atom. The highest BCUT2D eigenvalue weighted by Crippen LogP contribution is 2.26. The van der Waals surface area contributed by atoms with Crippen LogP contribution in [0.1, 0.15) is 21.6 Å². The molecule has 2 aromatic heterocycles. The Morgan fingerprint density at radius 3 is 2.50 bits per heavy atom. The number of benzene rings is 3. The molecule has 0 aliphatic rings. The second-order valence-electron chi connectivity index (χ2n) is 7.50. The molecule has 4 nitrogen and oxygen atoms in total. The molecule has 0 atom stereocenters. The average molecular weight is 391 g/mol. The fourth-order valence-electron chi connectivity index (χ4n) is 3.82. The SMILES string of the molecule is Cc1cc(-c2ccc(CNC(=O)c3ccc4c(c3)[nH]c3ccccc34)cc2)ccn1. The Morgan fingerprint density at radius 1 is 0.867 bits per heavy atom. The molecular weight excluding hydrogens is 370 g/mol. The monoisotopic (exact) mass is 391 g/mol. The van der Waals surface area contributed by atoms with Crippen molar-refractivity contribution >= 4 is 27.7 Å². The second kappa shape index (κ2) is 7.48. The number of nitrogens with one attached hydrogen (secondary N) is 2. The van der Waals surface area contributed by atoms with Crippen LogP contribution in [0.4, 0.5) is 0 Å². The van der Waals surface area contributed by atoms with E-state index in [1.807, 2.05) is 67.7 Å².